The molecule has 14 heavy (non-hydrogen) atoms. The predicted molar refractivity (Wildman–Crippen MR) is 63.5 cm³/mol. The Hall–Kier alpha value is 0.270. The molecule has 2 fully saturated rings. The van der Waals surface area contributed by atoms with Gasteiger partial charge in [0.1, 0.15) is 0 Å². The number of nitrogens with zero attached hydrogens (tertiary/aromatic N) is 2. The zero-order chi connectivity index (χ0) is 10.6. The Balaban J connectivity index is 2.24. The summed E-state index contributed by atoms with van der Waals surface area (Å²) in [7, 11) is 0. The summed E-state index contributed by atoms with van der Waals surface area (Å²) in [5.74, 6) is 0. The van der Waals surface area contributed by atoms with Crippen LogP contribution in [0.1, 0.15) is 34.1 Å². The number of likely N-dealkylation sites (tertiary alicyclic amines) is 1. The SMILES string of the molecule is CC(C)N1C[C@@]2(C)CCN(S)[C@@]2(C)C1. The standard InChI is InChI=1S/C11H22N2S/c1-9(2)12-7-10(3)5-6-13(14)11(10,4)8-12/h9,14H,5-8H2,1-4H3/t10-,11+/m1/s1. The maximum absolute atomic E-state index is 4.62. The van der Waals surface area contributed by atoms with Gasteiger partial charge in [-0.1, -0.05) is 19.7 Å². The van der Waals surface area contributed by atoms with Gasteiger partial charge in [0.25, 0.3) is 0 Å². The van der Waals surface area contributed by atoms with Crippen LogP contribution >= 0.6 is 12.8 Å². The van der Waals surface area contributed by atoms with E-state index in [0.29, 0.717) is 11.5 Å². The maximum Gasteiger partial charge on any atom is 0.0476 e. The Kier molecular flexibility index (Phi) is 2.41. The minimum Gasteiger partial charge on any atom is -0.298 e. The second kappa shape index (κ2) is 3.13. The van der Waals surface area contributed by atoms with E-state index in [1.165, 1.54) is 19.5 Å². The summed E-state index contributed by atoms with van der Waals surface area (Å²) in [5.41, 5.74) is 0.722. The number of thiol groups is 1. The van der Waals surface area contributed by atoms with E-state index in [0.717, 1.165) is 6.54 Å². The minimum absolute atomic E-state index is 0.278. The highest BCUT2D eigenvalue weighted by Gasteiger charge is 2.58. The molecule has 2 heterocycles. The number of hydrogen-bond donors (Lipinski definition) is 1. The molecule has 2 nitrogen and oxygen atoms in total. The van der Waals surface area contributed by atoms with Crippen molar-refractivity contribution in [2.45, 2.75) is 45.7 Å². The van der Waals surface area contributed by atoms with Crippen LogP contribution in [0.15, 0.2) is 0 Å². The van der Waals surface area contributed by atoms with E-state index in [4.69, 9.17) is 0 Å². The number of hydrogen-bond acceptors (Lipinski definition) is 3. The summed E-state index contributed by atoms with van der Waals surface area (Å²) < 4.78 is 2.26. The van der Waals surface area contributed by atoms with Crippen LogP contribution in [0, 0.1) is 5.41 Å². The monoisotopic (exact) mass is 214 g/mol. The first-order valence-corrected chi connectivity index (χ1v) is 6.00. The molecule has 3 heteroatoms. The van der Waals surface area contributed by atoms with Crippen molar-refractivity contribution in [1.82, 2.24) is 9.21 Å². The molecule has 0 saturated carbocycles. The normalized spacial score (nSPS) is 45.0. The summed E-state index contributed by atoms with van der Waals surface area (Å²) in [6.45, 7) is 12.9. The molecule has 0 aromatic rings. The molecule has 0 bridgehead atoms. The highest BCUT2D eigenvalue weighted by Crippen LogP contribution is 2.51. The average Bonchev–Trinajstić information content (AvgIpc) is 2.47. The lowest BCUT2D eigenvalue weighted by atomic mass is 9.76. The Bertz CT molecular complexity index is 243. The summed E-state index contributed by atoms with van der Waals surface area (Å²) in [6, 6.07) is 0.663. The van der Waals surface area contributed by atoms with Gasteiger partial charge in [0.15, 0.2) is 0 Å². The van der Waals surface area contributed by atoms with Gasteiger partial charge in [0.05, 0.1) is 0 Å². The van der Waals surface area contributed by atoms with Crippen LogP contribution in [0.4, 0.5) is 0 Å². The van der Waals surface area contributed by atoms with E-state index in [1.54, 1.807) is 0 Å². The van der Waals surface area contributed by atoms with Crippen molar-refractivity contribution in [1.29, 1.82) is 0 Å². The summed E-state index contributed by atoms with van der Waals surface area (Å²) in [5, 5.41) is 0. The highest BCUT2D eigenvalue weighted by atomic mass is 32.1. The molecule has 2 rings (SSSR count). The number of fused-ring (bicyclic) bond motifs is 1. The molecule has 0 N–H and O–H groups in total. The Morgan fingerprint density at radius 2 is 1.86 bits per heavy atom. The molecular weight excluding hydrogens is 192 g/mol. The van der Waals surface area contributed by atoms with E-state index in [2.05, 4.69) is 49.7 Å². The lowest BCUT2D eigenvalue weighted by Crippen LogP contribution is -2.46. The third-order valence-corrected chi connectivity index (χ3v) is 5.18. The van der Waals surface area contributed by atoms with E-state index in [9.17, 15) is 0 Å². The molecule has 0 aromatic heterocycles. The molecule has 2 atom stereocenters. The average molecular weight is 214 g/mol. The predicted octanol–water partition coefficient (Wildman–Crippen LogP) is 2.03. The molecular formula is C11H22N2S. The van der Waals surface area contributed by atoms with E-state index in [-0.39, 0.29) is 5.54 Å². The molecule has 2 saturated heterocycles. The zero-order valence-corrected chi connectivity index (χ0v) is 10.6. The largest absolute Gasteiger partial charge is 0.298 e. The van der Waals surface area contributed by atoms with Gasteiger partial charge in [-0.2, -0.15) is 0 Å². The van der Waals surface area contributed by atoms with Crippen LogP contribution in [0.5, 0.6) is 0 Å². The van der Waals surface area contributed by atoms with Gasteiger partial charge in [-0.3, -0.25) is 4.90 Å². The fourth-order valence-electron chi connectivity index (χ4n) is 2.97. The zero-order valence-electron chi connectivity index (χ0n) is 9.75. The van der Waals surface area contributed by atoms with Crippen molar-refractivity contribution in [2.75, 3.05) is 19.6 Å². The quantitative estimate of drug-likeness (QED) is 0.667. The molecule has 0 aromatic carbocycles. The molecule has 0 unspecified atom stereocenters. The smallest absolute Gasteiger partial charge is 0.0476 e. The van der Waals surface area contributed by atoms with Gasteiger partial charge in [-0.25, -0.2) is 4.31 Å². The van der Waals surface area contributed by atoms with Crippen LogP contribution in [0.3, 0.4) is 0 Å². The van der Waals surface area contributed by atoms with Gasteiger partial charge in [0, 0.05) is 36.6 Å². The molecule has 0 amide bonds. The van der Waals surface area contributed by atoms with Crippen molar-refractivity contribution in [3.8, 4) is 0 Å². The Morgan fingerprint density at radius 3 is 2.36 bits per heavy atom. The first-order chi connectivity index (χ1) is 6.39. The van der Waals surface area contributed by atoms with Gasteiger partial charge in [-0.05, 0) is 27.2 Å². The van der Waals surface area contributed by atoms with Crippen molar-refractivity contribution >= 4 is 12.8 Å². The summed E-state index contributed by atoms with van der Waals surface area (Å²) >= 11 is 4.62. The van der Waals surface area contributed by atoms with Crippen molar-refractivity contribution in [2.24, 2.45) is 5.41 Å². The van der Waals surface area contributed by atoms with Gasteiger partial charge < -0.3 is 0 Å². The highest BCUT2D eigenvalue weighted by molar-refractivity contribution is 7.77. The van der Waals surface area contributed by atoms with Crippen LogP contribution in [0.25, 0.3) is 0 Å². The van der Waals surface area contributed by atoms with E-state index < -0.39 is 0 Å². The Morgan fingerprint density at radius 1 is 1.21 bits per heavy atom. The van der Waals surface area contributed by atoms with E-state index in [1.807, 2.05) is 0 Å². The van der Waals surface area contributed by atoms with Crippen LogP contribution in [-0.4, -0.2) is 40.4 Å². The van der Waals surface area contributed by atoms with Crippen LogP contribution < -0.4 is 0 Å². The topological polar surface area (TPSA) is 6.48 Å². The fraction of sp³-hybridized carbons (Fsp3) is 1.00. The molecule has 2 aliphatic rings. The third-order valence-electron chi connectivity index (χ3n) is 4.54. The van der Waals surface area contributed by atoms with Crippen molar-refractivity contribution in [3.05, 3.63) is 0 Å². The number of rotatable bonds is 1. The van der Waals surface area contributed by atoms with Gasteiger partial charge in [0.2, 0.25) is 0 Å². The summed E-state index contributed by atoms with van der Waals surface area (Å²) in [6.07, 6.45) is 1.29. The second-order valence-electron chi connectivity index (χ2n) is 5.71. The molecule has 2 aliphatic heterocycles. The lowest BCUT2D eigenvalue weighted by molar-refractivity contribution is 0.191. The van der Waals surface area contributed by atoms with Crippen LogP contribution in [-0.2, 0) is 0 Å². The first kappa shape index (κ1) is 10.8. The van der Waals surface area contributed by atoms with Crippen molar-refractivity contribution < 1.29 is 0 Å². The summed E-state index contributed by atoms with van der Waals surface area (Å²) in [4.78, 5) is 2.59. The van der Waals surface area contributed by atoms with Crippen molar-refractivity contribution in [3.63, 3.8) is 0 Å². The van der Waals surface area contributed by atoms with E-state index >= 15 is 0 Å². The van der Waals surface area contributed by atoms with Gasteiger partial charge >= 0.3 is 0 Å². The maximum atomic E-state index is 4.62. The van der Waals surface area contributed by atoms with Crippen LogP contribution in [0.2, 0.25) is 0 Å². The molecule has 0 spiro atoms. The lowest BCUT2D eigenvalue weighted by Gasteiger charge is -2.36. The first-order valence-electron chi connectivity index (χ1n) is 5.60. The Labute approximate surface area is 93.2 Å². The molecule has 0 aliphatic carbocycles. The van der Waals surface area contributed by atoms with Gasteiger partial charge in [-0.15, -0.1) is 0 Å². The molecule has 82 valence electrons. The minimum atomic E-state index is 0.278. The molecule has 0 radical (unpaired) electrons. The second-order valence-corrected chi connectivity index (χ2v) is 6.19. The third kappa shape index (κ3) is 1.25. The fourth-order valence-corrected chi connectivity index (χ4v) is 3.37.